The van der Waals surface area contributed by atoms with Gasteiger partial charge in [-0.2, -0.15) is 0 Å². The molecule has 2 amide bonds. The minimum atomic E-state index is -0.616. The number of nitrogens with zero attached hydrogens (tertiary/aromatic N) is 2. The largest absolute Gasteiger partial charge is 0.338 e. The molecule has 1 atom stereocenters. The molecule has 0 radical (unpaired) electrons. The highest BCUT2D eigenvalue weighted by Crippen LogP contribution is 2.39. The maximum Gasteiger partial charge on any atom is 0.253 e. The zero-order valence-electron chi connectivity index (χ0n) is 15.0. The van der Waals surface area contributed by atoms with Gasteiger partial charge in [-0.05, 0) is 44.7 Å². The number of amides is 2. The molecule has 1 saturated carbocycles. The van der Waals surface area contributed by atoms with E-state index in [1.54, 1.807) is 4.90 Å². The van der Waals surface area contributed by atoms with E-state index >= 15 is 0 Å². The smallest absolute Gasteiger partial charge is 0.253 e. The maximum absolute atomic E-state index is 12.9. The lowest BCUT2D eigenvalue weighted by Gasteiger charge is -2.39. The average Bonchev–Trinajstić information content (AvgIpc) is 3.41. The van der Waals surface area contributed by atoms with Gasteiger partial charge in [0, 0.05) is 30.3 Å². The van der Waals surface area contributed by atoms with Crippen molar-refractivity contribution >= 4 is 17.8 Å². The minimum absolute atomic E-state index is 0.0154. The molecule has 136 valence electrons. The second-order valence-corrected chi connectivity index (χ2v) is 7.67. The van der Waals surface area contributed by atoms with E-state index in [-0.39, 0.29) is 11.8 Å². The summed E-state index contributed by atoms with van der Waals surface area (Å²) in [4.78, 5) is 34.9. The van der Waals surface area contributed by atoms with Crippen molar-refractivity contribution in [3.05, 3.63) is 47.8 Å². The van der Waals surface area contributed by atoms with E-state index < -0.39 is 5.41 Å². The number of hydrogen-bond donors (Lipinski definition) is 2. The Labute approximate surface area is 153 Å². The molecule has 2 aromatic rings. The first-order chi connectivity index (χ1) is 12.5. The normalized spacial score (nSPS) is 22.9. The molecule has 2 N–H and O–H groups in total. The van der Waals surface area contributed by atoms with Crippen LogP contribution in [0.4, 0.5) is 5.95 Å². The maximum atomic E-state index is 12.9. The first-order valence-corrected chi connectivity index (χ1v) is 9.26. The Bertz CT molecular complexity index is 812. The van der Waals surface area contributed by atoms with Gasteiger partial charge >= 0.3 is 0 Å². The lowest BCUT2D eigenvalue weighted by Crippen LogP contribution is -2.50. The third-order valence-corrected chi connectivity index (χ3v) is 5.40. The molecule has 4 rings (SSSR count). The van der Waals surface area contributed by atoms with Gasteiger partial charge in [-0.25, -0.2) is 4.98 Å². The molecule has 1 unspecified atom stereocenters. The third kappa shape index (κ3) is 3.36. The van der Waals surface area contributed by atoms with Crippen LogP contribution in [0.2, 0.25) is 0 Å². The molecular weight excluding hydrogens is 328 g/mol. The van der Waals surface area contributed by atoms with E-state index in [0.29, 0.717) is 30.5 Å². The Morgan fingerprint density at radius 2 is 2.04 bits per heavy atom. The highest BCUT2D eigenvalue weighted by Gasteiger charge is 2.40. The van der Waals surface area contributed by atoms with Crippen molar-refractivity contribution in [1.29, 1.82) is 0 Å². The zero-order valence-corrected chi connectivity index (χ0v) is 15.0. The number of piperidine rings is 1. The monoisotopic (exact) mass is 352 g/mol. The van der Waals surface area contributed by atoms with Gasteiger partial charge in [0.15, 0.2) is 0 Å². The molecule has 2 aliphatic rings. The van der Waals surface area contributed by atoms with E-state index in [2.05, 4.69) is 15.3 Å². The molecule has 1 aromatic heterocycles. The first-order valence-electron chi connectivity index (χ1n) is 9.26. The number of anilines is 1. The number of likely N-dealkylation sites (tertiary alicyclic amines) is 1. The van der Waals surface area contributed by atoms with Crippen LogP contribution in [0.15, 0.2) is 36.5 Å². The lowest BCUT2D eigenvalue weighted by atomic mass is 9.80. The van der Waals surface area contributed by atoms with Gasteiger partial charge in [-0.1, -0.05) is 18.2 Å². The molecule has 2 fully saturated rings. The van der Waals surface area contributed by atoms with Gasteiger partial charge in [0.2, 0.25) is 11.9 Å². The summed E-state index contributed by atoms with van der Waals surface area (Å²) in [5.41, 5.74) is 1.14. The van der Waals surface area contributed by atoms with Gasteiger partial charge in [0.1, 0.15) is 0 Å². The van der Waals surface area contributed by atoms with Crippen molar-refractivity contribution in [2.75, 3.05) is 18.4 Å². The van der Waals surface area contributed by atoms with Crippen LogP contribution in [0.25, 0.3) is 0 Å². The van der Waals surface area contributed by atoms with E-state index in [0.717, 1.165) is 18.5 Å². The number of benzene rings is 1. The van der Waals surface area contributed by atoms with Crippen molar-refractivity contribution in [3.8, 4) is 0 Å². The van der Waals surface area contributed by atoms with E-state index in [9.17, 15) is 9.59 Å². The number of imidazole rings is 1. The van der Waals surface area contributed by atoms with Crippen molar-refractivity contribution < 1.29 is 9.59 Å². The third-order valence-electron chi connectivity index (χ3n) is 5.40. The van der Waals surface area contributed by atoms with Crippen LogP contribution >= 0.6 is 0 Å². The number of hydrogen-bond acceptors (Lipinski definition) is 3. The van der Waals surface area contributed by atoms with Crippen molar-refractivity contribution in [2.24, 2.45) is 5.41 Å². The Balaban J connectivity index is 1.44. The average molecular weight is 352 g/mol. The molecular formula is C20H24N4O2. The second kappa shape index (κ2) is 6.59. The highest BCUT2D eigenvalue weighted by atomic mass is 16.2. The Morgan fingerprint density at radius 1 is 1.27 bits per heavy atom. The van der Waals surface area contributed by atoms with Crippen molar-refractivity contribution in [3.63, 3.8) is 0 Å². The number of rotatable bonds is 4. The summed E-state index contributed by atoms with van der Waals surface area (Å²) in [6.45, 7) is 3.03. The molecule has 0 bridgehead atoms. The van der Waals surface area contributed by atoms with Gasteiger partial charge in [0.05, 0.1) is 11.6 Å². The number of aromatic nitrogens is 2. The van der Waals surface area contributed by atoms with Gasteiger partial charge < -0.3 is 9.88 Å². The molecule has 2 heterocycles. The number of nitrogens with one attached hydrogen (secondary N) is 2. The van der Waals surface area contributed by atoms with Crippen LogP contribution in [0.5, 0.6) is 0 Å². The molecule has 6 nitrogen and oxygen atoms in total. The van der Waals surface area contributed by atoms with E-state index in [1.807, 2.05) is 43.5 Å². The summed E-state index contributed by atoms with van der Waals surface area (Å²) in [6.07, 6.45) is 5.75. The van der Waals surface area contributed by atoms with Crippen LogP contribution < -0.4 is 5.32 Å². The number of H-pyrrole nitrogens is 1. The van der Waals surface area contributed by atoms with Crippen LogP contribution in [0.3, 0.4) is 0 Å². The quantitative estimate of drug-likeness (QED) is 0.887. The predicted octanol–water partition coefficient (Wildman–Crippen LogP) is 3.17. The Hall–Kier alpha value is -2.63. The van der Waals surface area contributed by atoms with E-state index in [1.165, 1.54) is 12.8 Å². The highest BCUT2D eigenvalue weighted by molar-refractivity contribution is 5.97. The lowest BCUT2D eigenvalue weighted by molar-refractivity contribution is -0.127. The van der Waals surface area contributed by atoms with Crippen molar-refractivity contribution in [1.82, 2.24) is 14.9 Å². The van der Waals surface area contributed by atoms with Crippen LogP contribution in [-0.4, -0.2) is 39.8 Å². The van der Waals surface area contributed by atoms with Crippen LogP contribution in [0, 0.1) is 5.41 Å². The van der Waals surface area contributed by atoms with Gasteiger partial charge in [0.25, 0.3) is 5.91 Å². The standard InChI is InChI=1S/C20H24N4O2/c1-20(18(26)23-19-21-12-16(22-19)14-8-9-14)10-5-11-24(13-20)17(25)15-6-3-2-4-7-15/h2-4,6-7,12,14H,5,8-11,13H2,1H3,(H2,21,22,23,26). The second-order valence-electron chi connectivity index (χ2n) is 7.67. The SMILES string of the molecule is CC1(C(=O)Nc2ncc(C3CC3)[nH]2)CCCN(C(=O)c2ccccc2)C1. The Kier molecular flexibility index (Phi) is 4.26. The zero-order chi connectivity index (χ0) is 18.1. The summed E-state index contributed by atoms with van der Waals surface area (Å²) in [5.74, 6) is 0.972. The molecule has 1 aliphatic carbocycles. The van der Waals surface area contributed by atoms with E-state index in [4.69, 9.17) is 0 Å². The summed E-state index contributed by atoms with van der Waals surface area (Å²) < 4.78 is 0. The molecule has 1 saturated heterocycles. The van der Waals surface area contributed by atoms with Crippen LogP contribution in [-0.2, 0) is 4.79 Å². The number of aromatic amines is 1. The van der Waals surface area contributed by atoms with Gasteiger partial charge in [-0.3, -0.25) is 14.9 Å². The number of carbonyl (C=O) groups is 2. The summed E-state index contributed by atoms with van der Waals surface area (Å²) in [6, 6.07) is 9.24. The summed E-state index contributed by atoms with van der Waals surface area (Å²) in [5, 5.41) is 2.91. The topological polar surface area (TPSA) is 78.1 Å². The molecule has 26 heavy (non-hydrogen) atoms. The molecule has 1 aromatic carbocycles. The summed E-state index contributed by atoms with van der Waals surface area (Å²) >= 11 is 0. The predicted molar refractivity (Wildman–Crippen MR) is 98.9 cm³/mol. The summed E-state index contributed by atoms with van der Waals surface area (Å²) in [7, 11) is 0. The molecule has 6 heteroatoms. The minimum Gasteiger partial charge on any atom is -0.338 e. The fourth-order valence-electron chi connectivity index (χ4n) is 3.62. The fraction of sp³-hybridized carbons (Fsp3) is 0.450. The number of carbonyl (C=O) groups excluding carboxylic acids is 2. The molecule has 0 spiro atoms. The molecule has 1 aliphatic heterocycles. The van der Waals surface area contributed by atoms with Gasteiger partial charge in [-0.15, -0.1) is 0 Å². The first kappa shape index (κ1) is 16.8. The van der Waals surface area contributed by atoms with Crippen molar-refractivity contribution in [2.45, 2.75) is 38.5 Å². The Morgan fingerprint density at radius 3 is 2.77 bits per heavy atom. The van der Waals surface area contributed by atoms with Crippen LogP contribution in [0.1, 0.15) is 54.6 Å². The fourth-order valence-corrected chi connectivity index (χ4v) is 3.62.